The highest BCUT2D eigenvalue weighted by atomic mass is 32.1. The smallest absolute Gasteiger partial charge is 0.407 e. The van der Waals surface area contributed by atoms with E-state index in [9.17, 15) is 9.59 Å². The predicted molar refractivity (Wildman–Crippen MR) is 99.0 cm³/mol. The van der Waals surface area contributed by atoms with Crippen molar-refractivity contribution < 1.29 is 14.3 Å². The Morgan fingerprint density at radius 2 is 1.92 bits per heavy atom. The molecule has 2 N–H and O–H groups in total. The van der Waals surface area contributed by atoms with Crippen LogP contribution >= 0.6 is 11.3 Å². The summed E-state index contributed by atoms with van der Waals surface area (Å²) in [4.78, 5) is 29.6. The molecule has 7 heteroatoms. The number of ether oxygens (including phenoxy) is 1. The summed E-state index contributed by atoms with van der Waals surface area (Å²) in [6, 6.07) is -0.221. The van der Waals surface area contributed by atoms with E-state index in [-0.39, 0.29) is 17.4 Å². The van der Waals surface area contributed by atoms with E-state index in [1.807, 2.05) is 41.5 Å². The van der Waals surface area contributed by atoms with Crippen molar-refractivity contribution in [2.75, 3.05) is 6.54 Å². The van der Waals surface area contributed by atoms with E-state index in [1.165, 1.54) is 11.3 Å². The first-order valence-electron chi connectivity index (χ1n) is 8.68. The Balaban J connectivity index is 1.99. The molecule has 0 bridgehead atoms. The summed E-state index contributed by atoms with van der Waals surface area (Å²) in [7, 11) is 0. The normalized spacial score (nSPS) is 16.2. The van der Waals surface area contributed by atoms with Gasteiger partial charge in [0.25, 0.3) is 5.91 Å². The van der Waals surface area contributed by atoms with Crippen molar-refractivity contribution in [1.82, 2.24) is 15.6 Å². The number of aromatic nitrogens is 1. The topological polar surface area (TPSA) is 80.3 Å². The Labute approximate surface area is 153 Å². The van der Waals surface area contributed by atoms with Crippen LogP contribution in [0.1, 0.15) is 75.7 Å². The number of nitrogens with zero attached hydrogens (tertiary/aromatic N) is 1. The molecule has 1 aliphatic carbocycles. The first kappa shape index (κ1) is 19.7. The quantitative estimate of drug-likeness (QED) is 0.832. The van der Waals surface area contributed by atoms with Gasteiger partial charge < -0.3 is 15.4 Å². The number of amides is 2. The Morgan fingerprint density at radius 1 is 1.28 bits per heavy atom. The fourth-order valence-corrected chi connectivity index (χ4v) is 3.15. The molecule has 25 heavy (non-hydrogen) atoms. The molecule has 0 unspecified atom stereocenters. The monoisotopic (exact) mass is 367 g/mol. The van der Waals surface area contributed by atoms with Gasteiger partial charge in [-0.05, 0) is 39.0 Å². The van der Waals surface area contributed by atoms with Gasteiger partial charge in [-0.25, -0.2) is 9.78 Å². The first-order chi connectivity index (χ1) is 11.5. The highest BCUT2D eigenvalue weighted by Gasteiger charge is 2.33. The Kier molecular flexibility index (Phi) is 5.76. The molecule has 1 aromatic rings. The van der Waals surface area contributed by atoms with Crippen LogP contribution in [0.4, 0.5) is 4.79 Å². The lowest BCUT2D eigenvalue weighted by molar-refractivity contribution is 0.0509. The molecule has 1 atom stereocenters. The second kappa shape index (κ2) is 7.32. The fraction of sp³-hybridized carbons (Fsp3) is 0.722. The van der Waals surface area contributed by atoms with Gasteiger partial charge in [-0.2, -0.15) is 0 Å². The lowest BCUT2D eigenvalue weighted by Gasteiger charge is -2.32. The van der Waals surface area contributed by atoms with Crippen LogP contribution in [0.25, 0.3) is 0 Å². The van der Waals surface area contributed by atoms with Crippen LogP contribution in [0.2, 0.25) is 0 Å². The average Bonchev–Trinajstić information content (AvgIpc) is 3.17. The van der Waals surface area contributed by atoms with Gasteiger partial charge in [-0.15, -0.1) is 11.3 Å². The molecule has 0 aromatic carbocycles. The molecule has 6 nitrogen and oxygen atoms in total. The molecule has 2 rings (SSSR count). The molecule has 1 aliphatic rings. The van der Waals surface area contributed by atoms with Crippen molar-refractivity contribution in [3.05, 3.63) is 16.1 Å². The Morgan fingerprint density at radius 3 is 2.44 bits per heavy atom. The summed E-state index contributed by atoms with van der Waals surface area (Å²) in [6.07, 6.45) is 1.73. The van der Waals surface area contributed by atoms with E-state index in [0.29, 0.717) is 17.3 Å². The van der Waals surface area contributed by atoms with Crippen LogP contribution in [0.5, 0.6) is 0 Å². The molecular weight excluding hydrogens is 338 g/mol. The molecule has 0 spiro atoms. The van der Waals surface area contributed by atoms with Crippen molar-refractivity contribution in [3.8, 4) is 0 Å². The van der Waals surface area contributed by atoms with E-state index in [2.05, 4.69) is 15.6 Å². The minimum atomic E-state index is -0.549. The SMILES string of the molecule is CC(C)(C)OC(=O)NC[C@H](NC(=O)c1scnc1C1CC1)C(C)(C)C. The van der Waals surface area contributed by atoms with Crippen LogP contribution in [-0.2, 0) is 4.74 Å². The number of hydrogen-bond acceptors (Lipinski definition) is 5. The number of carbonyl (C=O) groups is 2. The van der Waals surface area contributed by atoms with E-state index < -0.39 is 11.7 Å². The number of nitrogens with one attached hydrogen (secondary N) is 2. The molecule has 0 saturated heterocycles. The van der Waals surface area contributed by atoms with Gasteiger partial charge in [-0.3, -0.25) is 4.79 Å². The van der Waals surface area contributed by atoms with Crippen molar-refractivity contribution in [3.63, 3.8) is 0 Å². The van der Waals surface area contributed by atoms with Gasteiger partial charge in [0.05, 0.1) is 17.2 Å². The summed E-state index contributed by atoms with van der Waals surface area (Å²) in [5.41, 5.74) is 1.88. The number of carbonyl (C=O) groups excluding carboxylic acids is 2. The number of rotatable bonds is 5. The second-order valence-corrected chi connectivity index (χ2v) is 9.47. The van der Waals surface area contributed by atoms with Crippen molar-refractivity contribution in [2.45, 2.75) is 71.9 Å². The summed E-state index contributed by atoms with van der Waals surface area (Å²) < 4.78 is 5.27. The minimum Gasteiger partial charge on any atom is -0.444 e. The van der Waals surface area contributed by atoms with Gasteiger partial charge in [0.1, 0.15) is 10.5 Å². The molecule has 1 aromatic heterocycles. The third-order valence-electron chi connectivity index (χ3n) is 3.97. The first-order valence-corrected chi connectivity index (χ1v) is 9.56. The van der Waals surface area contributed by atoms with Gasteiger partial charge in [-0.1, -0.05) is 20.8 Å². The van der Waals surface area contributed by atoms with Gasteiger partial charge in [0, 0.05) is 12.5 Å². The Hall–Kier alpha value is -1.63. The van der Waals surface area contributed by atoms with E-state index in [1.54, 1.807) is 5.51 Å². The summed E-state index contributed by atoms with van der Waals surface area (Å²) in [6.45, 7) is 11.9. The molecule has 0 radical (unpaired) electrons. The molecule has 1 saturated carbocycles. The number of hydrogen-bond donors (Lipinski definition) is 2. The molecule has 140 valence electrons. The lowest BCUT2D eigenvalue weighted by atomic mass is 9.86. The molecule has 1 heterocycles. The summed E-state index contributed by atoms with van der Waals surface area (Å²) >= 11 is 1.38. The average molecular weight is 368 g/mol. The molecular formula is C18H29N3O3S. The van der Waals surface area contributed by atoms with Crippen molar-refractivity contribution in [1.29, 1.82) is 0 Å². The minimum absolute atomic E-state index is 0.115. The van der Waals surface area contributed by atoms with Gasteiger partial charge in [0.15, 0.2) is 0 Å². The van der Waals surface area contributed by atoms with Crippen LogP contribution in [0, 0.1) is 5.41 Å². The van der Waals surface area contributed by atoms with Crippen LogP contribution < -0.4 is 10.6 Å². The maximum Gasteiger partial charge on any atom is 0.407 e. The number of thiazole rings is 1. The maximum absolute atomic E-state index is 12.7. The summed E-state index contributed by atoms with van der Waals surface area (Å²) in [5, 5.41) is 5.82. The molecule has 0 aliphatic heterocycles. The highest BCUT2D eigenvalue weighted by molar-refractivity contribution is 7.11. The standard InChI is InChI=1S/C18H29N3O3S/c1-17(2,3)12(9-19-16(23)24-18(4,5)6)21-15(22)14-13(11-7-8-11)20-10-25-14/h10-12H,7-9H2,1-6H3,(H,19,23)(H,21,22)/t12-/m0/s1. The van der Waals surface area contributed by atoms with Crippen LogP contribution in [-0.4, -0.2) is 35.2 Å². The van der Waals surface area contributed by atoms with Crippen molar-refractivity contribution >= 4 is 23.3 Å². The highest BCUT2D eigenvalue weighted by Crippen LogP contribution is 2.41. The predicted octanol–water partition coefficient (Wildman–Crippen LogP) is 3.69. The van der Waals surface area contributed by atoms with Crippen LogP contribution in [0.3, 0.4) is 0 Å². The third-order valence-corrected chi connectivity index (χ3v) is 4.81. The largest absolute Gasteiger partial charge is 0.444 e. The van der Waals surface area contributed by atoms with E-state index >= 15 is 0 Å². The third kappa shape index (κ3) is 5.99. The lowest BCUT2D eigenvalue weighted by Crippen LogP contribution is -2.51. The zero-order valence-electron chi connectivity index (χ0n) is 15.9. The van der Waals surface area contributed by atoms with E-state index in [0.717, 1.165) is 18.5 Å². The van der Waals surface area contributed by atoms with Crippen LogP contribution in [0.15, 0.2) is 5.51 Å². The Bertz CT molecular complexity index is 624. The van der Waals surface area contributed by atoms with Gasteiger partial charge in [0.2, 0.25) is 0 Å². The molecule has 1 fully saturated rings. The number of alkyl carbamates (subject to hydrolysis) is 1. The fourth-order valence-electron chi connectivity index (χ4n) is 2.37. The second-order valence-electron chi connectivity index (χ2n) is 8.62. The molecule has 2 amide bonds. The maximum atomic E-state index is 12.7. The van der Waals surface area contributed by atoms with E-state index in [4.69, 9.17) is 4.74 Å². The van der Waals surface area contributed by atoms with Gasteiger partial charge >= 0.3 is 6.09 Å². The van der Waals surface area contributed by atoms with Crippen molar-refractivity contribution in [2.24, 2.45) is 5.41 Å². The summed E-state index contributed by atoms with van der Waals surface area (Å²) in [5.74, 6) is 0.315. The zero-order chi connectivity index (χ0) is 18.8. The zero-order valence-corrected chi connectivity index (χ0v) is 16.8.